The van der Waals surface area contributed by atoms with E-state index in [9.17, 15) is 4.79 Å². The van der Waals surface area contributed by atoms with Gasteiger partial charge in [0, 0.05) is 23.5 Å². The molecule has 0 amide bonds. The van der Waals surface area contributed by atoms with Crippen LogP contribution in [-0.4, -0.2) is 15.9 Å². The number of hydrogen-bond acceptors (Lipinski definition) is 4. The lowest BCUT2D eigenvalue weighted by atomic mass is 10.1. The fourth-order valence-electron chi connectivity index (χ4n) is 2.12. The van der Waals surface area contributed by atoms with Crippen LogP contribution < -0.4 is 4.74 Å². The number of rotatable bonds is 4. The Morgan fingerprint density at radius 1 is 1.00 bits per heavy atom. The van der Waals surface area contributed by atoms with Crippen LogP contribution in [0, 0.1) is 6.92 Å². The number of carbonyl (C=O) groups is 1. The average molecular weight is 316 g/mol. The lowest BCUT2D eigenvalue weighted by Gasteiger charge is -2.06. The molecule has 1 heterocycles. The van der Waals surface area contributed by atoms with Crippen molar-refractivity contribution in [1.82, 2.24) is 9.97 Å². The quantitative estimate of drug-likeness (QED) is 0.531. The van der Waals surface area contributed by atoms with Crippen molar-refractivity contribution in [1.29, 1.82) is 0 Å². The molecule has 0 bridgehead atoms. The molecule has 4 heteroatoms. The van der Waals surface area contributed by atoms with Crippen molar-refractivity contribution in [2.75, 3.05) is 0 Å². The monoisotopic (exact) mass is 316 g/mol. The third kappa shape index (κ3) is 3.55. The van der Waals surface area contributed by atoms with Crippen molar-refractivity contribution in [3.63, 3.8) is 0 Å². The molecule has 0 aliphatic rings. The van der Waals surface area contributed by atoms with Crippen molar-refractivity contribution in [3.05, 3.63) is 84.2 Å². The van der Waals surface area contributed by atoms with E-state index in [0.29, 0.717) is 17.1 Å². The summed E-state index contributed by atoms with van der Waals surface area (Å²) in [7, 11) is 0. The molecule has 0 radical (unpaired) electrons. The highest BCUT2D eigenvalue weighted by Gasteiger charge is 2.09. The first-order valence-electron chi connectivity index (χ1n) is 7.49. The number of carbonyl (C=O) groups excluding carboxylic acids is 1. The van der Waals surface area contributed by atoms with Gasteiger partial charge in [0.1, 0.15) is 5.75 Å². The molecule has 0 saturated carbocycles. The summed E-state index contributed by atoms with van der Waals surface area (Å²) < 4.78 is 5.35. The van der Waals surface area contributed by atoms with Gasteiger partial charge in [0.2, 0.25) is 0 Å². The standard InChI is InChI=1S/C20H16N2O2/c1-3-15-12-21-19(22-13-15)16-6-8-17(9-7-16)20(23)24-18-10-4-14(2)5-11-18/h3-13H,1H2,2H3. The zero-order valence-corrected chi connectivity index (χ0v) is 13.3. The van der Waals surface area contributed by atoms with Crippen LogP contribution in [0.15, 0.2) is 67.5 Å². The van der Waals surface area contributed by atoms with Gasteiger partial charge >= 0.3 is 5.97 Å². The van der Waals surface area contributed by atoms with E-state index in [4.69, 9.17) is 4.74 Å². The molecule has 0 atom stereocenters. The fourth-order valence-corrected chi connectivity index (χ4v) is 2.12. The highest BCUT2D eigenvalue weighted by atomic mass is 16.5. The van der Waals surface area contributed by atoms with Gasteiger partial charge in [-0.1, -0.05) is 42.5 Å². The number of benzene rings is 2. The summed E-state index contributed by atoms with van der Waals surface area (Å²) in [5.74, 6) is 0.727. The summed E-state index contributed by atoms with van der Waals surface area (Å²) in [4.78, 5) is 20.7. The predicted octanol–water partition coefficient (Wildman–Crippen LogP) is 4.31. The van der Waals surface area contributed by atoms with Crippen molar-refractivity contribution < 1.29 is 9.53 Å². The molecule has 0 aliphatic heterocycles. The molecular formula is C20H16N2O2. The molecular weight excluding hydrogens is 300 g/mol. The highest BCUT2D eigenvalue weighted by molar-refractivity contribution is 5.91. The smallest absolute Gasteiger partial charge is 0.343 e. The molecule has 1 aromatic heterocycles. The van der Waals surface area contributed by atoms with Gasteiger partial charge in [0.15, 0.2) is 5.82 Å². The van der Waals surface area contributed by atoms with Crippen molar-refractivity contribution in [2.24, 2.45) is 0 Å². The topological polar surface area (TPSA) is 52.1 Å². The Hall–Kier alpha value is -3.27. The summed E-state index contributed by atoms with van der Waals surface area (Å²) in [5.41, 5.74) is 3.28. The maximum atomic E-state index is 12.2. The number of ether oxygens (including phenoxy) is 1. The number of aromatic nitrogens is 2. The van der Waals surface area contributed by atoms with Gasteiger partial charge in [-0.2, -0.15) is 0 Å². The molecule has 118 valence electrons. The van der Waals surface area contributed by atoms with Gasteiger partial charge < -0.3 is 4.74 Å². The van der Waals surface area contributed by atoms with Gasteiger partial charge in [0.25, 0.3) is 0 Å². The summed E-state index contributed by atoms with van der Waals surface area (Å²) in [6.07, 6.45) is 5.09. The van der Waals surface area contributed by atoms with Crippen LogP contribution in [0.4, 0.5) is 0 Å². The van der Waals surface area contributed by atoms with Crippen LogP contribution in [-0.2, 0) is 0 Å². The number of nitrogens with zero attached hydrogens (tertiary/aromatic N) is 2. The molecule has 3 rings (SSSR count). The fraction of sp³-hybridized carbons (Fsp3) is 0.0500. The van der Waals surface area contributed by atoms with Gasteiger partial charge in [-0.25, -0.2) is 14.8 Å². The first-order valence-corrected chi connectivity index (χ1v) is 7.49. The minimum absolute atomic E-state index is 0.395. The zero-order valence-electron chi connectivity index (χ0n) is 13.3. The van der Waals surface area contributed by atoms with E-state index < -0.39 is 5.97 Å². The van der Waals surface area contributed by atoms with Gasteiger partial charge in [-0.05, 0) is 31.2 Å². The van der Waals surface area contributed by atoms with Crippen LogP contribution >= 0.6 is 0 Å². The molecule has 0 aliphatic carbocycles. The molecule has 0 spiro atoms. The van der Waals surface area contributed by atoms with Crippen LogP contribution in [0.1, 0.15) is 21.5 Å². The maximum Gasteiger partial charge on any atom is 0.343 e. The molecule has 24 heavy (non-hydrogen) atoms. The van der Waals surface area contributed by atoms with E-state index >= 15 is 0 Å². The second kappa shape index (κ2) is 6.87. The van der Waals surface area contributed by atoms with Gasteiger partial charge in [0.05, 0.1) is 5.56 Å². The van der Waals surface area contributed by atoms with E-state index in [0.717, 1.165) is 16.7 Å². The largest absolute Gasteiger partial charge is 0.423 e. The third-order valence-corrected chi connectivity index (χ3v) is 3.52. The van der Waals surface area contributed by atoms with E-state index in [1.807, 2.05) is 19.1 Å². The van der Waals surface area contributed by atoms with E-state index in [2.05, 4.69) is 16.5 Å². The Kier molecular flexibility index (Phi) is 4.47. The molecule has 0 N–H and O–H groups in total. The SMILES string of the molecule is C=Cc1cnc(-c2ccc(C(=O)Oc3ccc(C)cc3)cc2)nc1. The lowest BCUT2D eigenvalue weighted by molar-refractivity contribution is 0.0735. The molecule has 0 saturated heterocycles. The van der Waals surface area contributed by atoms with Gasteiger partial charge in [-0.15, -0.1) is 0 Å². The van der Waals surface area contributed by atoms with Crippen molar-refractivity contribution >= 4 is 12.0 Å². The normalized spacial score (nSPS) is 10.2. The second-order valence-corrected chi connectivity index (χ2v) is 5.32. The summed E-state index contributed by atoms with van der Waals surface area (Å²) in [5, 5.41) is 0. The molecule has 4 nitrogen and oxygen atoms in total. The molecule has 3 aromatic rings. The molecule has 0 fully saturated rings. The second-order valence-electron chi connectivity index (χ2n) is 5.32. The highest BCUT2D eigenvalue weighted by Crippen LogP contribution is 2.18. The first kappa shape index (κ1) is 15.6. The van der Waals surface area contributed by atoms with E-state index in [1.165, 1.54) is 0 Å². The van der Waals surface area contributed by atoms with Gasteiger partial charge in [-0.3, -0.25) is 0 Å². The summed E-state index contributed by atoms with van der Waals surface area (Å²) >= 11 is 0. The minimum Gasteiger partial charge on any atom is -0.423 e. The molecule has 0 unspecified atom stereocenters. The predicted molar refractivity (Wildman–Crippen MR) is 93.7 cm³/mol. The lowest BCUT2D eigenvalue weighted by Crippen LogP contribution is -2.08. The Balaban J connectivity index is 1.74. The Labute approximate surface area is 140 Å². The van der Waals surface area contributed by atoms with Crippen molar-refractivity contribution in [2.45, 2.75) is 6.92 Å². The van der Waals surface area contributed by atoms with Crippen molar-refractivity contribution in [3.8, 4) is 17.1 Å². The summed E-state index contributed by atoms with van der Waals surface area (Å²) in [6.45, 7) is 5.65. The Morgan fingerprint density at radius 3 is 2.21 bits per heavy atom. The maximum absolute atomic E-state index is 12.2. The number of esters is 1. The van der Waals surface area contributed by atoms with E-state index in [1.54, 1.807) is 54.9 Å². The summed E-state index contributed by atoms with van der Waals surface area (Å²) in [6, 6.07) is 14.4. The van der Waals surface area contributed by atoms with Crippen LogP contribution in [0.3, 0.4) is 0 Å². The first-order chi connectivity index (χ1) is 11.7. The zero-order chi connectivity index (χ0) is 16.9. The number of hydrogen-bond donors (Lipinski definition) is 0. The minimum atomic E-state index is -0.395. The third-order valence-electron chi connectivity index (χ3n) is 3.52. The van der Waals surface area contributed by atoms with Crippen LogP contribution in [0.25, 0.3) is 17.5 Å². The van der Waals surface area contributed by atoms with Crippen LogP contribution in [0.2, 0.25) is 0 Å². The Bertz CT molecular complexity index is 852. The Morgan fingerprint density at radius 2 is 1.62 bits per heavy atom. The molecule has 2 aromatic carbocycles. The van der Waals surface area contributed by atoms with E-state index in [-0.39, 0.29) is 0 Å². The number of aryl methyl sites for hydroxylation is 1. The average Bonchev–Trinajstić information content (AvgIpc) is 2.64. The van der Waals surface area contributed by atoms with Crippen LogP contribution in [0.5, 0.6) is 5.75 Å².